The molecule has 4 heteroatoms. The van der Waals surface area contributed by atoms with Gasteiger partial charge in [-0.2, -0.15) is 0 Å². The number of rotatable bonds is 3. The fourth-order valence-electron chi connectivity index (χ4n) is 2.61. The van der Waals surface area contributed by atoms with Crippen LogP contribution in [0.15, 0.2) is 39.4 Å². The molecule has 0 amide bonds. The number of fused-ring (bicyclic) bond motifs is 1. The second kappa shape index (κ2) is 5.70. The number of aryl methyl sites for hydroxylation is 1. The lowest BCUT2D eigenvalue weighted by molar-refractivity contribution is 0.410. The average molecular weight is 341 g/mol. The molecule has 0 saturated heterocycles. The summed E-state index contributed by atoms with van der Waals surface area (Å²) in [5.74, 6) is 1.13. The fourth-order valence-corrected chi connectivity index (χ4v) is 3.19. The van der Waals surface area contributed by atoms with Crippen LogP contribution in [0.25, 0.3) is 0 Å². The fraction of sp³-hybridized carbons (Fsp3) is 0.333. The second-order valence-electron chi connectivity index (χ2n) is 4.86. The summed E-state index contributed by atoms with van der Waals surface area (Å²) >= 11 is 9.60. The lowest BCUT2D eigenvalue weighted by atomic mass is 9.93. The van der Waals surface area contributed by atoms with E-state index >= 15 is 0 Å². The minimum atomic E-state index is 0.383. The predicted octanol–water partition coefficient (Wildman–Crippen LogP) is 4.86. The third kappa shape index (κ3) is 2.88. The zero-order valence-corrected chi connectivity index (χ0v) is 12.8. The molecule has 2 nitrogen and oxygen atoms in total. The van der Waals surface area contributed by atoms with Crippen LogP contribution in [0.4, 0.5) is 0 Å². The van der Waals surface area contributed by atoms with Crippen LogP contribution in [0.2, 0.25) is 5.02 Å². The van der Waals surface area contributed by atoms with Gasteiger partial charge in [-0.25, -0.2) is 0 Å². The van der Waals surface area contributed by atoms with Crippen molar-refractivity contribution in [1.82, 2.24) is 5.32 Å². The van der Waals surface area contributed by atoms with E-state index < -0.39 is 0 Å². The number of benzene rings is 1. The standard InChI is InChI=1S/C15H15BrClNO/c16-13-5-4-11(17)8-10(13)9-18-14-2-1-3-15-12(14)6-7-19-15/h4-8,14,18H,1-3,9H2. The van der Waals surface area contributed by atoms with E-state index in [4.69, 9.17) is 16.0 Å². The van der Waals surface area contributed by atoms with Crippen LogP contribution in [0.3, 0.4) is 0 Å². The first-order valence-corrected chi connectivity index (χ1v) is 7.65. The lowest BCUT2D eigenvalue weighted by Gasteiger charge is -2.23. The molecule has 19 heavy (non-hydrogen) atoms. The summed E-state index contributed by atoms with van der Waals surface area (Å²) in [4.78, 5) is 0. The van der Waals surface area contributed by atoms with E-state index in [1.807, 2.05) is 18.2 Å². The van der Waals surface area contributed by atoms with Gasteiger partial charge in [0.1, 0.15) is 5.76 Å². The van der Waals surface area contributed by atoms with Crippen LogP contribution >= 0.6 is 27.5 Å². The molecule has 0 aliphatic heterocycles. The van der Waals surface area contributed by atoms with E-state index in [0.29, 0.717) is 6.04 Å². The van der Waals surface area contributed by atoms with Crippen molar-refractivity contribution in [1.29, 1.82) is 0 Å². The maximum atomic E-state index is 6.04. The van der Waals surface area contributed by atoms with E-state index in [1.165, 1.54) is 17.5 Å². The Morgan fingerprint density at radius 1 is 1.37 bits per heavy atom. The Morgan fingerprint density at radius 3 is 3.16 bits per heavy atom. The van der Waals surface area contributed by atoms with Gasteiger partial charge in [0.15, 0.2) is 0 Å². The maximum Gasteiger partial charge on any atom is 0.108 e. The Balaban J connectivity index is 1.72. The van der Waals surface area contributed by atoms with E-state index in [2.05, 4.69) is 27.3 Å². The largest absolute Gasteiger partial charge is 0.469 e. The zero-order valence-electron chi connectivity index (χ0n) is 10.5. The molecule has 2 aromatic rings. The van der Waals surface area contributed by atoms with Gasteiger partial charge in [-0.15, -0.1) is 0 Å². The van der Waals surface area contributed by atoms with Crippen molar-refractivity contribution >= 4 is 27.5 Å². The number of hydrogen-bond donors (Lipinski definition) is 1. The average Bonchev–Trinajstić information content (AvgIpc) is 2.88. The van der Waals surface area contributed by atoms with Gasteiger partial charge in [-0.1, -0.05) is 27.5 Å². The van der Waals surface area contributed by atoms with Crippen molar-refractivity contribution in [2.75, 3.05) is 0 Å². The van der Waals surface area contributed by atoms with E-state index in [1.54, 1.807) is 6.26 Å². The third-order valence-corrected chi connectivity index (χ3v) is 4.61. The summed E-state index contributed by atoms with van der Waals surface area (Å²) in [5.41, 5.74) is 2.49. The van der Waals surface area contributed by atoms with Crippen LogP contribution in [0.1, 0.15) is 35.8 Å². The molecule has 1 aromatic carbocycles. The van der Waals surface area contributed by atoms with Gasteiger partial charge in [-0.05, 0) is 42.7 Å². The summed E-state index contributed by atoms with van der Waals surface area (Å²) in [5, 5.41) is 4.37. The minimum Gasteiger partial charge on any atom is -0.469 e. The first-order valence-electron chi connectivity index (χ1n) is 6.47. The highest BCUT2D eigenvalue weighted by Gasteiger charge is 2.22. The molecule has 0 radical (unpaired) electrons. The molecule has 1 aliphatic rings. The molecule has 0 fully saturated rings. The SMILES string of the molecule is Clc1ccc(Br)c(CNC2CCCc3occc32)c1. The van der Waals surface area contributed by atoms with E-state index in [9.17, 15) is 0 Å². The Morgan fingerprint density at radius 2 is 2.26 bits per heavy atom. The van der Waals surface area contributed by atoms with Crippen LogP contribution in [-0.4, -0.2) is 0 Å². The summed E-state index contributed by atoms with van der Waals surface area (Å²) in [6.45, 7) is 0.802. The van der Waals surface area contributed by atoms with Gasteiger partial charge >= 0.3 is 0 Å². The molecule has 1 aliphatic carbocycles. The summed E-state index contributed by atoms with van der Waals surface area (Å²) in [6, 6.07) is 8.35. The van der Waals surface area contributed by atoms with Gasteiger partial charge in [-0.3, -0.25) is 0 Å². The van der Waals surface area contributed by atoms with Gasteiger partial charge < -0.3 is 9.73 Å². The van der Waals surface area contributed by atoms with E-state index in [0.717, 1.165) is 34.6 Å². The molecule has 100 valence electrons. The van der Waals surface area contributed by atoms with Crippen molar-refractivity contribution in [2.45, 2.75) is 31.8 Å². The van der Waals surface area contributed by atoms with Gasteiger partial charge in [0, 0.05) is 34.1 Å². The normalized spacial score (nSPS) is 18.3. The molecule has 3 rings (SSSR count). The number of nitrogens with one attached hydrogen (secondary N) is 1. The monoisotopic (exact) mass is 339 g/mol. The molecule has 0 spiro atoms. The maximum absolute atomic E-state index is 6.04. The first-order chi connectivity index (χ1) is 9.24. The van der Waals surface area contributed by atoms with Crippen molar-refractivity contribution in [3.63, 3.8) is 0 Å². The smallest absolute Gasteiger partial charge is 0.108 e. The van der Waals surface area contributed by atoms with E-state index in [-0.39, 0.29) is 0 Å². The third-order valence-electron chi connectivity index (χ3n) is 3.60. The highest BCUT2D eigenvalue weighted by molar-refractivity contribution is 9.10. The summed E-state index contributed by atoms with van der Waals surface area (Å²) in [6.07, 6.45) is 5.18. The molecular formula is C15H15BrClNO. The predicted molar refractivity (Wildman–Crippen MR) is 80.4 cm³/mol. The molecular weight excluding hydrogens is 326 g/mol. The molecule has 1 N–H and O–H groups in total. The molecule has 0 saturated carbocycles. The Kier molecular flexibility index (Phi) is 3.96. The van der Waals surface area contributed by atoms with Crippen molar-refractivity contribution in [2.24, 2.45) is 0 Å². The summed E-state index contributed by atoms with van der Waals surface area (Å²) < 4.78 is 6.60. The topological polar surface area (TPSA) is 25.2 Å². The highest BCUT2D eigenvalue weighted by atomic mass is 79.9. The van der Waals surface area contributed by atoms with Crippen LogP contribution in [-0.2, 0) is 13.0 Å². The zero-order chi connectivity index (χ0) is 13.2. The summed E-state index contributed by atoms with van der Waals surface area (Å²) in [7, 11) is 0. The number of halogens is 2. The van der Waals surface area contributed by atoms with Gasteiger partial charge in [0.25, 0.3) is 0 Å². The Bertz CT molecular complexity index is 581. The Labute approximate surface area is 126 Å². The Hall–Kier alpha value is -0.770. The number of hydrogen-bond acceptors (Lipinski definition) is 2. The van der Waals surface area contributed by atoms with Crippen molar-refractivity contribution in [3.05, 3.63) is 56.9 Å². The first kappa shape index (κ1) is 13.2. The minimum absolute atomic E-state index is 0.383. The lowest BCUT2D eigenvalue weighted by Crippen LogP contribution is -2.24. The van der Waals surface area contributed by atoms with Gasteiger partial charge in [0.2, 0.25) is 0 Å². The molecule has 0 bridgehead atoms. The molecule has 1 heterocycles. The van der Waals surface area contributed by atoms with Crippen molar-refractivity contribution in [3.8, 4) is 0 Å². The quantitative estimate of drug-likeness (QED) is 0.863. The molecule has 1 aromatic heterocycles. The van der Waals surface area contributed by atoms with Crippen LogP contribution in [0, 0.1) is 0 Å². The second-order valence-corrected chi connectivity index (χ2v) is 6.15. The molecule has 1 atom stereocenters. The van der Waals surface area contributed by atoms with Crippen molar-refractivity contribution < 1.29 is 4.42 Å². The van der Waals surface area contributed by atoms with Crippen LogP contribution < -0.4 is 5.32 Å². The van der Waals surface area contributed by atoms with Crippen LogP contribution in [0.5, 0.6) is 0 Å². The van der Waals surface area contributed by atoms with Gasteiger partial charge in [0.05, 0.1) is 6.26 Å². The highest BCUT2D eigenvalue weighted by Crippen LogP contribution is 2.31. The number of furan rings is 1. The molecule has 1 unspecified atom stereocenters.